The Bertz CT molecular complexity index is 1530. The van der Waals surface area contributed by atoms with Crippen LogP contribution >= 0.6 is 0 Å². The van der Waals surface area contributed by atoms with Gasteiger partial charge >= 0.3 is 0 Å². The standard InChI is InChI=1S/C24H21N7O3/c1-25-24-30-21-20-17(12-28-22(20)31-24)14-2-3-18-15(7-14)8-19(23(32)29-18)34-5-4-33-16-6-13(10-27-21)9-26-11-16/h2-3,6-9,11-12H,4-5,10H2,1H3,(H,29,32)(H3,25,27,28,30,31). The van der Waals surface area contributed by atoms with Gasteiger partial charge < -0.3 is 30.2 Å². The van der Waals surface area contributed by atoms with Gasteiger partial charge in [0.15, 0.2) is 5.75 Å². The van der Waals surface area contributed by atoms with Gasteiger partial charge in [0.05, 0.1) is 17.1 Å². The maximum Gasteiger partial charge on any atom is 0.255 e. The number of aromatic hydroxyl groups is 1. The van der Waals surface area contributed by atoms with Gasteiger partial charge in [0.25, 0.3) is 5.88 Å². The highest BCUT2D eigenvalue weighted by atomic mass is 16.5. The number of fused-ring (bicyclic) bond motifs is 5. The van der Waals surface area contributed by atoms with E-state index >= 15 is 0 Å². The largest absolute Gasteiger partial charge is 0.491 e. The van der Waals surface area contributed by atoms with Gasteiger partial charge in [-0.25, -0.2) is 4.98 Å². The maximum atomic E-state index is 10.3. The van der Waals surface area contributed by atoms with Gasteiger partial charge in [0.1, 0.15) is 30.4 Å². The topological polar surface area (TPSA) is 130 Å². The molecule has 1 aliphatic rings. The fourth-order valence-electron chi connectivity index (χ4n) is 4.06. The lowest BCUT2D eigenvalue weighted by atomic mass is 10.0. The molecule has 0 spiro atoms. The molecule has 0 atom stereocenters. The van der Waals surface area contributed by atoms with Crippen LogP contribution in [0, 0.1) is 0 Å². The van der Waals surface area contributed by atoms with Crippen molar-refractivity contribution in [3.05, 3.63) is 54.5 Å². The molecule has 0 unspecified atom stereocenters. The van der Waals surface area contributed by atoms with Crippen molar-refractivity contribution in [2.24, 2.45) is 0 Å². The lowest BCUT2D eigenvalue weighted by Gasteiger charge is -2.11. The van der Waals surface area contributed by atoms with Crippen LogP contribution in [-0.4, -0.2) is 50.3 Å². The number of hydrogen-bond acceptors (Lipinski definition) is 9. The minimum atomic E-state index is -0.159. The maximum absolute atomic E-state index is 10.3. The molecular weight excluding hydrogens is 434 g/mol. The van der Waals surface area contributed by atoms with Gasteiger partial charge in [-0.15, -0.1) is 0 Å². The van der Waals surface area contributed by atoms with E-state index in [1.165, 1.54) is 0 Å². The first-order chi connectivity index (χ1) is 16.7. The Hall–Kier alpha value is -4.60. The second-order valence-electron chi connectivity index (χ2n) is 7.87. The SMILES string of the molecule is CNc1nc2c3c(c[nH]c3n1)-c1ccc3nc(O)c(cc3c1)OCCOc1cncc(c1)CN2. The van der Waals surface area contributed by atoms with E-state index in [2.05, 4.69) is 35.6 Å². The third kappa shape index (κ3) is 3.54. The zero-order valence-electron chi connectivity index (χ0n) is 18.3. The summed E-state index contributed by atoms with van der Waals surface area (Å²) in [4.78, 5) is 21.1. The van der Waals surface area contributed by atoms with Gasteiger partial charge in [-0.05, 0) is 35.4 Å². The molecular formula is C24H21N7O3. The molecule has 5 bridgehead atoms. The highest BCUT2D eigenvalue weighted by molar-refractivity contribution is 6.03. The lowest BCUT2D eigenvalue weighted by molar-refractivity contribution is 0.210. The number of hydrogen-bond donors (Lipinski definition) is 4. The first-order valence-corrected chi connectivity index (χ1v) is 10.8. The van der Waals surface area contributed by atoms with Crippen LogP contribution in [0.15, 0.2) is 48.9 Å². The Kier molecular flexibility index (Phi) is 4.76. The number of aromatic amines is 1. The van der Waals surface area contributed by atoms with Crippen molar-refractivity contribution in [1.82, 2.24) is 24.9 Å². The summed E-state index contributed by atoms with van der Waals surface area (Å²) >= 11 is 0. The van der Waals surface area contributed by atoms with Crippen molar-refractivity contribution in [3.63, 3.8) is 0 Å². The van der Waals surface area contributed by atoms with Crippen LogP contribution in [0.25, 0.3) is 33.1 Å². The van der Waals surface area contributed by atoms with Crippen molar-refractivity contribution >= 4 is 33.7 Å². The van der Waals surface area contributed by atoms with Crippen LogP contribution in [0.4, 0.5) is 11.8 Å². The Morgan fingerprint density at radius 2 is 1.94 bits per heavy atom. The highest BCUT2D eigenvalue weighted by Crippen LogP contribution is 2.36. The van der Waals surface area contributed by atoms with Crippen LogP contribution in [0.3, 0.4) is 0 Å². The molecule has 170 valence electrons. The van der Waals surface area contributed by atoms with Gasteiger partial charge in [0.2, 0.25) is 5.95 Å². The van der Waals surface area contributed by atoms with Crippen LogP contribution in [0.1, 0.15) is 5.56 Å². The van der Waals surface area contributed by atoms with Crippen LogP contribution < -0.4 is 20.1 Å². The summed E-state index contributed by atoms with van der Waals surface area (Å²) < 4.78 is 11.5. The summed E-state index contributed by atoms with van der Waals surface area (Å²) in [6.07, 6.45) is 5.35. The number of aromatic nitrogens is 5. The number of rotatable bonds is 1. The average molecular weight is 455 g/mol. The molecule has 1 aromatic carbocycles. The predicted octanol–water partition coefficient (Wildman–Crippen LogP) is 3.70. The molecule has 0 aliphatic carbocycles. The van der Waals surface area contributed by atoms with E-state index < -0.39 is 0 Å². The number of ether oxygens (including phenoxy) is 2. The van der Waals surface area contributed by atoms with E-state index in [1.807, 2.05) is 30.5 Å². The van der Waals surface area contributed by atoms with Crippen LogP contribution in [-0.2, 0) is 6.54 Å². The molecule has 1 aliphatic heterocycles. The fraction of sp³-hybridized carbons (Fsp3) is 0.167. The first-order valence-electron chi connectivity index (χ1n) is 10.8. The molecule has 0 saturated heterocycles. The molecule has 0 radical (unpaired) electrons. The summed E-state index contributed by atoms with van der Waals surface area (Å²) in [5.41, 5.74) is 4.21. The Labute approximate surface area is 194 Å². The molecule has 0 fully saturated rings. The van der Waals surface area contributed by atoms with Gasteiger partial charge in [-0.3, -0.25) is 4.98 Å². The zero-order valence-corrected chi connectivity index (χ0v) is 18.3. The lowest BCUT2D eigenvalue weighted by Crippen LogP contribution is -2.10. The van der Waals surface area contributed by atoms with Gasteiger partial charge in [-0.2, -0.15) is 9.97 Å². The molecule has 0 amide bonds. The van der Waals surface area contributed by atoms with Crippen molar-refractivity contribution in [2.75, 3.05) is 30.9 Å². The second-order valence-corrected chi connectivity index (χ2v) is 7.87. The molecule has 4 aromatic heterocycles. The first kappa shape index (κ1) is 20.0. The number of benzene rings is 1. The molecule has 5 heterocycles. The van der Waals surface area contributed by atoms with E-state index in [0.717, 1.165) is 27.5 Å². The predicted molar refractivity (Wildman–Crippen MR) is 128 cm³/mol. The smallest absolute Gasteiger partial charge is 0.255 e. The number of pyridine rings is 2. The summed E-state index contributed by atoms with van der Waals surface area (Å²) in [6, 6.07) is 9.54. The molecule has 4 N–H and O–H groups in total. The van der Waals surface area contributed by atoms with Crippen molar-refractivity contribution < 1.29 is 14.6 Å². The summed E-state index contributed by atoms with van der Waals surface area (Å²) in [6.45, 7) is 1.03. The van der Waals surface area contributed by atoms with Gasteiger partial charge in [-0.1, -0.05) is 6.07 Å². The molecule has 10 heteroatoms. The Balaban J connectivity index is 1.55. The monoisotopic (exact) mass is 455 g/mol. The van der Waals surface area contributed by atoms with E-state index in [4.69, 9.17) is 9.47 Å². The number of nitrogens with one attached hydrogen (secondary N) is 3. The quantitative estimate of drug-likeness (QED) is 0.299. The zero-order chi connectivity index (χ0) is 23.1. The summed E-state index contributed by atoms with van der Waals surface area (Å²) in [5.74, 6) is 1.96. The molecule has 5 aromatic rings. The molecule has 10 nitrogen and oxygen atoms in total. The van der Waals surface area contributed by atoms with Gasteiger partial charge in [0, 0.05) is 36.9 Å². The van der Waals surface area contributed by atoms with Crippen LogP contribution in [0.5, 0.6) is 17.4 Å². The highest BCUT2D eigenvalue weighted by Gasteiger charge is 2.17. The summed E-state index contributed by atoms with van der Waals surface area (Å²) in [7, 11) is 1.78. The average Bonchev–Trinajstić information content (AvgIpc) is 3.29. The van der Waals surface area contributed by atoms with Crippen molar-refractivity contribution in [2.45, 2.75) is 6.54 Å². The van der Waals surface area contributed by atoms with Crippen LogP contribution in [0.2, 0.25) is 0 Å². The normalized spacial score (nSPS) is 13.3. The van der Waals surface area contributed by atoms with E-state index in [0.29, 0.717) is 47.6 Å². The third-order valence-electron chi connectivity index (χ3n) is 5.67. The Morgan fingerprint density at radius 3 is 2.85 bits per heavy atom. The second kappa shape index (κ2) is 8.07. The number of anilines is 2. The molecule has 34 heavy (non-hydrogen) atoms. The minimum Gasteiger partial charge on any atom is -0.491 e. The fourth-order valence-corrected chi connectivity index (χ4v) is 4.06. The van der Waals surface area contributed by atoms with E-state index in [-0.39, 0.29) is 12.5 Å². The minimum absolute atomic E-state index is 0.159. The molecule has 0 saturated carbocycles. The number of nitrogens with zero attached hydrogens (tertiary/aromatic N) is 4. The van der Waals surface area contributed by atoms with E-state index in [1.54, 1.807) is 25.5 Å². The van der Waals surface area contributed by atoms with Crippen molar-refractivity contribution in [3.8, 4) is 28.5 Å². The summed E-state index contributed by atoms with van der Waals surface area (Å²) in [5, 5.41) is 18.5. The third-order valence-corrected chi connectivity index (χ3v) is 5.67. The van der Waals surface area contributed by atoms with Crippen molar-refractivity contribution in [1.29, 1.82) is 0 Å². The molecule has 6 rings (SSSR count). The number of H-pyrrole nitrogens is 1. The van der Waals surface area contributed by atoms with E-state index in [9.17, 15) is 5.11 Å². The Morgan fingerprint density at radius 1 is 1.03 bits per heavy atom.